The van der Waals surface area contributed by atoms with Crippen LogP contribution in [0.5, 0.6) is 0 Å². The first-order valence-electron chi connectivity index (χ1n) is 4.57. The quantitative estimate of drug-likeness (QED) is 0.836. The molecule has 7 heteroatoms. The van der Waals surface area contributed by atoms with E-state index in [0.29, 0.717) is 22.9 Å². The summed E-state index contributed by atoms with van der Waals surface area (Å²) in [4.78, 5) is 19.6. The minimum atomic E-state index is -0.349. The molecule has 0 saturated heterocycles. The van der Waals surface area contributed by atoms with Gasteiger partial charge in [0, 0.05) is 11.9 Å². The Morgan fingerprint density at radius 3 is 3.00 bits per heavy atom. The van der Waals surface area contributed by atoms with Gasteiger partial charge >= 0.3 is 6.01 Å². The van der Waals surface area contributed by atoms with Gasteiger partial charge in [0.2, 0.25) is 0 Å². The van der Waals surface area contributed by atoms with Gasteiger partial charge in [0.25, 0.3) is 5.91 Å². The number of carbonyl (C=O) groups excluding carboxylic acids is 1. The predicted molar refractivity (Wildman–Crippen MR) is 59.2 cm³/mol. The van der Waals surface area contributed by atoms with Gasteiger partial charge < -0.3 is 10.2 Å². The summed E-state index contributed by atoms with van der Waals surface area (Å²) in [5, 5.41) is 4.87. The van der Waals surface area contributed by atoms with Crippen molar-refractivity contribution in [3.8, 4) is 0 Å². The third-order valence-electron chi connectivity index (χ3n) is 1.80. The lowest BCUT2D eigenvalue weighted by Gasteiger charge is -1.95. The van der Waals surface area contributed by atoms with Crippen LogP contribution in [0.3, 0.4) is 0 Å². The fourth-order valence-electron chi connectivity index (χ4n) is 1.08. The number of thiazole rings is 1. The number of hydrogen-bond donors (Lipinski definition) is 2. The fourth-order valence-corrected chi connectivity index (χ4v) is 1.74. The average Bonchev–Trinajstić information content (AvgIpc) is 2.87. The molecule has 0 aliphatic carbocycles. The molecule has 3 N–H and O–H groups in total. The van der Waals surface area contributed by atoms with Crippen LogP contribution in [-0.2, 0) is 6.54 Å². The van der Waals surface area contributed by atoms with Crippen molar-refractivity contribution < 1.29 is 9.21 Å². The number of carbonyl (C=O) groups is 1. The van der Waals surface area contributed by atoms with Gasteiger partial charge in [-0.05, 0) is 6.92 Å². The van der Waals surface area contributed by atoms with E-state index in [1.165, 1.54) is 17.6 Å². The Hall–Kier alpha value is -1.73. The highest BCUT2D eigenvalue weighted by atomic mass is 32.1. The lowest BCUT2D eigenvalue weighted by molar-refractivity contribution is 0.102. The van der Waals surface area contributed by atoms with Crippen LogP contribution in [0.4, 0.5) is 6.01 Å². The van der Waals surface area contributed by atoms with Crippen molar-refractivity contribution in [1.29, 1.82) is 0 Å². The first-order chi connectivity index (χ1) is 7.69. The summed E-state index contributed by atoms with van der Waals surface area (Å²) in [6.45, 7) is 2.10. The minimum Gasteiger partial charge on any atom is -0.432 e. The number of oxazole rings is 1. The summed E-state index contributed by atoms with van der Waals surface area (Å²) in [6, 6.07) is 0.171. The van der Waals surface area contributed by atoms with Crippen LogP contribution < -0.4 is 11.1 Å². The molecule has 2 aromatic rings. The molecule has 1 amide bonds. The Labute approximate surface area is 95.5 Å². The second kappa shape index (κ2) is 4.42. The molecule has 0 aliphatic heterocycles. The molecule has 6 nitrogen and oxygen atoms in total. The molecule has 2 rings (SSSR count). The highest BCUT2D eigenvalue weighted by Crippen LogP contribution is 2.12. The molecular formula is C9H10N4O2S. The van der Waals surface area contributed by atoms with Gasteiger partial charge in [0.05, 0.1) is 5.69 Å². The van der Waals surface area contributed by atoms with Crippen molar-refractivity contribution in [2.75, 3.05) is 5.32 Å². The van der Waals surface area contributed by atoms with E-state index in [-0.39, 0.29) is 11.9 Å². The smallest absolute Gasteiger partial charge is 0.301 e. The number of anilines is 1. The molecule has 16 heavy (non-hydrogen) atoms. The second-order valence-electron chi connectivity index (χ2n) is 3.08. The van der Waals surface area contributed by atoms with Crippen molar-refractivity contribution in [3.05, 3.63) is 28.0 Å². The third-order valence-corrected chi connectivity index (χ3v) is 2.67. The number of aromatic nitrogens is 2. The van der Waals surface area contributed by atoms with Crippen LogP contribution >= 0.6 is 11.3 Å². The topological polar surface area (TPSA) is 94.0 Å². The predicted octanol–water partition coefficient (Wildman–Crippen LogP) is 1.15. The SMILES string of the molecule is Cc1coc(NC(=O)c2csc(CN)n2)n1. The van der Waals surface area contributed by atoms with E-state index in [9.17, 15) is 4.79 Å². The Bertz CT molecular complexity index is 505. The van der Waals surface area contributed by atoms with Gasteiger partial charge in [-0.1, -0.05) is 0 Å². The van der Waals surface area contributed by atoms with Crippen molar-refractivity contribution in [3.63, 3.8) is 0 Å². The van der Waals surface area contributed by atoms with Crippen LogP contribution in [0.1, 0.15) is 21.2 Å². The number of nitrogens with two attached hydrogens (primary N) is 1. The normalized spacial score (nSPS) is 10.4. The molecule has 2 aromatic heterocycles. The Balaban J connectivity index is 2.08. The van der Waals surface area contributed by atoms with Crippen LogP contribution in [0.15, 0.2) is 16.1 Å². The van der Waals surface area contributed by atoms with Crippen molar-refractivity contribution in [1.82, 2.24) is 9.97 Å². The largest absolute Gasteiger partial charge is 0.432 e. The standard InChI is InChI=1S/C9H10N4O2S/c1-5-3-15-9(11-5)13-8(14)6-4-16-7(2-10)12-6/h3-4H,2,10H2,1H3,(H,11,13,14). The van der Waals surface area contributed by atoms with E-state index in [1.54, 1.807) is 12.3 Å². The number of nitrogens with zero attached hydrogens (tertiary/aromatic N) is 2. The van der Waals surface area contributed by atoms with Crippen molar-refractivity contribution in [2.45, 2.75) is 13.5 Å². The van der Waals surface area contributed by atoms with Gasteiger partial charge in [-0.2, -0.15) is 4.98 Å². The third kappa shape index (κ3) is 2.26. The first-order valence-corrected chi connectivity index (χ1v) is 5.45. The molecule has 0 radical (unpaired) electrons. The van der Waals surface area contributed by atoms with Gasteiger partial charge in [0.1, 0.15) is 17.0 Å². The molecule has 0 bridgehead atoms. The summed E-state index contributed by atoms with van der Waals surface area (Å²) in [5.41, 5.74) is 6.43. The molecule has 0 unspecified atom stereocenters. The van der Waals surface area contributed by atoms with Crippen molar-refractivity contribution >= 4 is 23.3 Å². The number of hydrogen-bond acceptors (Lipinski definition) is 6. The van der Waals surface area contributed by atoms with E-state index in [1.807, 2.05) is 0 Å². The molecule has 0 aromatic carbocycles. The summed E-state index contributed by atoms with van der Waals surface area (Å²) in [6.07, 6.45) is 1.46. The fraction of sp³-hybridized carbons (Fsp3) is 0.222. The van der Waals surface area contributed by atoms with E-state index in [2.05, 4.69) is 15.3 Å². The zero-order valence-corrected chi connectivity index (χ0v) is 9.37. The minimum absolute atomic E-state index is 0.171. The van der Waals surface area contributed by atoms with Gasteiger partial charge in [0.15, 0.2) is 0 Å². The summed E-state index contributed by atoms with van der Waals surface area (Å²) >= 11 is 1.35. The molecule has 0 fully saturated rings. The van der Waals surface area contributed by atoms with Gasteiger partial charge in [-0.3, -0.25) is 10.1 Å². The molecule has 84 valence electrons. The molecular weight excluding hydrogens is 228 g/mol. The molecule has 0 spiro atoms. The number of nitrogens with one attached hydrogen (secondary N) is 1. The second-order valence-corrected chi connectivity index (χ2v) is 4.02. The zero-order chi connectivity index (χ0) is 11.5. The van der Waals surface area contributed by atoms with Crippen LogP contribution in [-0.4, -0.2) is 15.9 Å². The van der Waals surface area contributed by atoms with Gasteiger partial charge in [-0.25, -0.2) is 4.98 Å². The van der Waals surface area contributed by atoms with Crippen LogP contribution in [0.2, 0.25) is 0 Å². The highest BCUT2D eigenvalue weighted by Gasteiger charge is 2.12. The maximum Gasteiger partial charge on any atom is 0.301 e. The number of aryl methyl sites for hydroxylation is 1. The lowest BCUT2D eigenvalue weighted by atomic mass is 10.4. The summed E-state index contributed by atoms with van der Waals surface area (Å²) in [7, 11) is 0. The van der Waals surface area contributed by atoms with Crippen LogP contribution in [0.25, 0.3) is 0 Å². The molecule has 0 saturated carbocycles. The maximum absolute atomic E-state index is 11.6. The molecule has 0 atom stereocenters. The molecule has 0 aliphatic rings. The average molecular weight is 238 g/mol. The maximum atomic E-state index is 11.6. The number of amides is 1. The first kappa shape index (κ1) is 10.8. The van der Waals surface area contributed by atoms with Crippen molar-refractivity contribution in [2.24, 2.45) is 5.73 Å². The van der Waals surface area contributed by atoms with E-state index >= 15 is 0 Å². The summed E-state index contributed by atoms with van der Waals surface area (Å²) < 4.78 is 5.00. The summed E-state index contributed by atoms with van der Waals surface area (Å²) in [5.74, 6) is -0.349. The molecule has 2 heterocycles. The zero-order valence-electron chi connectivity index (χ0n) is 8.56. The van der Waals surface area contributed by atoms with Crippen LogP contribution in [0, 0.1) is 6.92 Å². The van der Waals surface area contributed by atoms with E-state index in [0.717, 1.165) is 0 Å². The van der Waals surface area contributed by atoms with E-state index < -0.39 is 0 Å². The monoisotopic (exact) mass is 238 g/mol. The number of rotatable bonds is 3. The van der Waals surface area contributed by atoms with E-state index in [4.69, 9.17) is 10.2 Å². The Morgan fingerprint density at radius 1 is 1.62 bits per heavy atom. The highest BCUT2D eigenvalue weighted by molar-refractivity contribution is 7.09. The Morgan fingerprint density at radius 2 is 2.44 bits per heavy atom. The van der Waals surface area contributed by atoms with Gasteiger partial charge in [-0.15, -0.1) is 11.3 Å². The lowest BCUT2D eigenvalue weighted by Crippen LogP contribution is -2.12. The Kier molecular flexibility index (Phi) is 2.97.